The first kappa shape index (κ1) is 13.7. The first-order valence-corrected chi connectivity index (χ1v) is 5.96. The van der Waals surface area contributed by atoms with Crippen molar-refractivity contribution in [3.63, 3.8) is 0 Å². The maximum Gasteiger partial charge on any atom is 0.270 e. The summed E-state index contributed by atoms with van der Waals surface area (Å²) >= 11 is 0. The number of benzene rings is 2. The summed E-state index contributed by atoms with van der Waals surface area (Å²) in [5.41, 5.74) is 1.47. The minimum absolute atomic E-state index is 0.109. The third kappa shape index (κ3) is 2.66. The van der Waals surface area contributed by atoms with Crippen molar-refractivity contribution < 1.29 is 14.5 Å². The summed E-state index contributed by atoms with van der Waals surface area (Å²) in [6.07, 6.45) is 0. The van der Waals surface area contributed by atoms with E-state index >= 15 is 0 Å². The van der Waals surface area contributed by atoms with Crippen molar-refractivity contribution in [2.24, 2.45) is 0 Å². The van der Waals surface area contributed by atoms with Crippen LogP contribution in [0.3, 0.4) is 0 Å². The lowest BCUT2D eigenvalue weighted by molar-refractivity contribution is -0.384. The average molecular weight is 271 g/mol. The second-order valence-electron chi connectivity index (χ2n) is 4.34. The number of ether oxygens (including phenoxy) is 1. The number of non-ortho nitro benzene ring substituents is 1. The maximum absolute atomic E-state index is 12.5. The molecule has 0 spiro atoms. The maximum atomic E-state index is 12.5. The van der Waals surface area contributed by atoms with Crippen LogP contribution in [0, 0.1) is 17.0 Å². The van der Waals surface area contributed by atoms with Gasteiger partial charge in [-0.1, -0.05) is 23.8 Å². The van der Waals surface area contributed by atoms with Crippen molar-refractivity contribution in [1.82, 2.24) is 0 Å². The molecule has 2 aromatic rings. The van der Waals surface area contributed by atoms with E-state index in [4.69, 9.17) is 4.74 Å². The number of hydrogen-bond donors (Lipinski definition) is 0. The summed E-state index contributed by atoms with van der Waals surface area (Å²) < 4.78 is 5.17. The van der Waals surface area contributed by atoms with Gasteiger partial charge in [-0.25, -0.2) is 0 Å². The number of carbonyl (C=O) groups excluding carboxylic acids is 1. The largest absolute Gasteiger partial charge is 0.496 e. The highest BCUT2D eigenvalue weighted by Crippen LogP contribution is 2.24. The quantitative estimate of drug-likeness (QED) is 0.486. The Kier molecular flexibility index (Phi) is 3.79. The molecule has 2 rings (SSSR count). The fourth-order valence-electron chi connectivity index (χ4n) is 1.92. The highest BCUT2D eigenvalue weighted by molar-refractivity contribution is 6.11. The van der Waals surface area contributed by atoms with Crippen molar-refractivity contribution in [3.05, 3.63) is 69.3 Å². The monoisotopic (exact) mass is 271 g/mol. The number of carbonyl (C=O) groups is 1. The van der Waals surface area contributed by atoms with Crippen molar-refractivity contribution in [2.45, 2.75) is 6.92 Å². The molecule has 0 aliphatic rings. The molecule has 0 atom stereocenters. The van der Waals surface area contributed by atoms with Gasteiger partial charge in [-0.2, -0.15) is 0 Å². The molecule has 0 unspecified atom stereocenters. The zero-order valence-electron chi connectivity index (χ0n) is 11.1. The van der Waals surface area contributed by atoms with Gasteiger partial charge in [-0.3, -0.25) is 14.9 Å². The molecule has 0 N–H and O–H groups in total. The van der Waals surface area contributed by atoms with Crippen molar-refractivity contribution in [1.29, 1.82) is 0 Å². The Hall–Kier alpha value is -2.69. The number of nitro benzene ring substituents is 1. The number of rotatable bonds is 4. The minimum atomic E-state index is -0.524. The van der Waals surface area contributed by atoms with E-state index in [9.17, 15) is 14.9 Å². The van der Waals surface area contributed by atoms with Crippen LogP contribution in [-0.2, 0) is 0 Å². The molecule has 0 saturated carbocycles. The number of hydrogen-bond acceptors (Lipinski definition) is 4. The van der Waals surface area contributed by atoms with E-state index < -0.39 is 4.92 Å². The van der Waals surface area contributed by atoms with Gasteiger partial charge in [-0.05, 0) is 19.1 Å². The van der Waals surface area contributed by atoms with E-state index in [0.29, 0.717) is 11.3 Å². The van der Waals surface area contributed by atoms with Gasteiger partial charge in [0.25, 0.3) is 5.69 Å². The molecule has 0 aliphatic carbocycles. The summed E-state index contributed by atoms with van der Waals surface area (Å²) in [5, 5.41) is 10.8. The minimum Gasteiger partial charge on any atom is -0.496 e. The predicted molar refractivity (Wildman–Crippen MR) is 74.3 cm³/mol. The first-order valence-electron chi connectivity index (χ1n) is 5.96. The second-order valence-corrected chi connectivity index (χ2v) is 4.34. The van der Waals surface area contributed by atoms with E-state index in [-0.39, 0.29) is 17.0 Å². The fraction of sp³-hybridized carbons (Fsp3) is 0.133. The lowest BCUT2D eigenvalue weighted by atomic mass is 10.0. The molecular weight excluding hydrogens is 258 g/mol. The van der Waals surface area contributed by atoms with E-state index in [1.807, 2.05) is 13.0 Å². The van der Waals surface area contributed by atoms with Crippen LogP contribution in [0.1, 0.15) is 21.5 Å². The van der Waals surface area contributed by atoms with Crippen molar-refractivity contribution >= 4 is 11.5 Å². The SMILES string of the molecule is COc1ccc(C)cc1C(=O)c1cccc([N+](=O)[O-])c1. The molecule has 0 heterocycles. The summed E-state index contributed by atoms with van der Waals surface area (Å²) in [7, 11) is 1.48. The van der Waals surface area contributed by atoms with Gasteiger partial charge in [0.05, 0.1) is 17.6 Å². The first-order chi connectivity index (χ1) is 9.52. The second kappa shape index (κ2) is 5.52. The lowest BCUT2D eigenvalue weighted by Gasteiger charge is -2.08. The Labute approximate surface area is 116 Å². The van der Waals surface area contributed by atoms with Crippen LogP contribution in [0.4, 0.5) is 5.69 Å². The topological polar surface area (TPSA) is 69.4 Å². The van der Waals surface area contributed by atoms with Crippen LogP contribution >= 0.6 is 0 Å². The molecule has 5 heteroatoms. The third-order valence-electron chi connectivity index (χ3n) is 2.92. The van der Waals surface area contributed by atoms with Crippen LogP contribution in [0.5, 0.6) is 5.75 Å². The van der Waals surface area contributed by atoms with E-state index in [2.05, 4.69) is 0 Å². The normalized spacial score (nSPS) is 10.1. The van der Waals surface area contributed by atoms with Gasteiger partial charge in [0.15, 0.2) is 5.78 Å². The van der Waals surface area contributed by atoms with Crippen LogP contribution < -0.4 is 4.74 Å². The summed E-state index contributed by atoms with van der Waals surface area (Å²) in [6.45, 7) is 1.86. The average Bonchev–Trinajstić information content (AvgIpc) is 2.46. The Morgan fingerprint density at radius 3 is 2.60 bits per heavy atom. The fourth-order valence-corrected chi connectivity index (χ4v) is 1.92. The van der Waals surface area contributed by atoms with Crippen molar-refractivity contribution in [3.8, 4) is 5.75 Å². The molecule has 0 bridgehead atoms. The molecular formula is C15H13NO4. The van der Waals surface area contributed by atoms with Gasteiger partial charge >= 0.3 is 0 Å². The Morgan fingerprint density at radius 1 is 1.20 bits per heavy atom. The lowest BCUT2D eigenvalue weighted by Crippen LogP contribution is -2.05. The van der Waals surface area contributed by atoms with E-state index in [0.717, 1.165) is 5.56 Å². The molecule has 0 aliphatic heterocycles. The smallest absolute Gasteiger partial charge is 0.270 e. The van der Waals surface area contributed by atoms with Crippen LogP contribution in [-0.4, -0.2) is 17.8 Å². The van der Waals surface area contributed by atoms with Gasteiger partial charge in [-0.15, -0.1) is 0 Å². The van der Waals surface area contributed by atoms with E-state index in [1.54, 1.807) is 18.2 Å². The summed E-state index contributed by atoms with van der Waals surface area (Å²) in [5.74, 6) is 0.154. The zero-order valence-corrected chi connectivity index (χ0v) is 11.1. The van der Waals surface area contributed by atoms with Crippen LogP contribution in [0.15, 0.2) is 42.5 Å². The summed E-state index contributed by atoms with van der Waals surface area (Å²) in [6, 6.07) is 10.9. The molecule has 0 amide bonds. The molecule has 102 valence electrons. The molecule has 0 aromatic heterocycles. The Balaban J connectivity index is 2.48. The highest BCUT2D eigenvalue weighted by atomic mass is 16.6. The van der Waals surface area contributed by atoms with Gasteiger partial charge in [0, 0.05) is 17.7 Å². The molecule has 5 nitrogen and oxygen atoms in total. The van der Waals surface area contributed by atoms with Crippen molar-refractivity contribution in [2.75, 3.05) is 7.11 Å². The number of nitro groups is 1. The van der Waals surface area contributed by atoms with Gasteiger partial charge in [0.1, 0.15) is 5.75 Å². The molecule has 20 heavy (non-hydrogen) atoms. The molecule has 0 radical (unpaired) electrons. The number of aryl methyl sites for hydroxylation is 1. The Morgan fingerprint density at radius 2 is 1.95 bits per heavy atom. The summed E-state index contributed by atoms with van der Waals surface area (Å²) in [4.78, 5) is 22.7. The zero-order chi connectivity index (χ0) is 14.7. The number of methoxy groups -OCH3 is 1. The number of nitrogens with zero attached hydrogens (tertiary/aromatic N) is 1. The van der Waals surface area contributed by atoms with E-state index in [1.165, 1.54) is 25.3 Å². The highest BCUT2D eigenvalue weighted by Gasteiger charge is 2.17. The van der Waals surface area contributed by atoms with Gasteiger partial charge in [0.2, 0.25) is 0 Å². The Bertz CT molecular complexity index is 679. The third-order valence-corrected chi connectivity index (χ3v) is 2.92. The standard InChI is InChI=1S/C15H13NO4/c1-10-6-7-14(20-2)13(8-10)15(17)11-4-3-5-12(9-11)16(18)19/h3-9H,1-2H3. The van der Waals surface area contributed by atoms with Crippen LogP contribution in [0.25, 0.3) is 0 Å². The molecule has 0 fully saturated rings. The molecule has 2 aromatic carbocycles. The van der Waals surface area contributed by atoms with Crippen LogP contribution in [0.2, 0.25) is 0 Å². The molecule has 0 saturated heterocycles. The predicted octanol–water partition coefficient (Wildman–Crippen LogP) is 3.14. The number of ketones is 1. The van der Waals surface area contributed by atoms with Gasteiger partial charge < -0.3 is 4.74 Å².